The fourth-order valence-electron chi connectivity index (χ4n) is 8.99. The Morgan fingerprint density at radius 3 is 1.25 bits per heavy atom. The fraction of sp³-hybridized carbons (Fsp3) is 0.478. The van der Waals surface area contributed by atoms with Crippen LogP contribution in [0.2, 0.25) is 0 Å². The molecule has 340 valence electrons. The lowest BCUT2D eigenvalue weighted by Gasteiger charge is -2.38. The Balaban J connectivity index is 0.860. The largest absolute Gasteiger partial charge is 0.495 e. The normalized spacial score (nSPS) is 18.2. The summed E-state index contributed by atoms with van der Waals surface area (Å²) in [6.45, 7) is 11.3. The molecule has 0 spiro atoms. The number of rotatable bonds is 16. The van der Waals surface area contributed by atoms with Gasteiger partial charge in [-0.3, -0.25) is 28.5 Å². The first kappa shape index (κ1) is 44.2. The number of anilines is 2. The van der Waals surface area contributed by atoms with E-state index in [1.165, 1.54) is 13.8 Å². The molecule has 0 radical (unpaired) electrons. The molecule has 64 heavy (non-hydrogen) atoms. The van der Waals surface area contributed by atoms with Crippen molar-refractivity contribution < 1.29 is 28.7 Å². The quantitative estimate of drug-likeness (QED) is 0.148. The van der Waals surface area contributed by atoms with Gasteiger partial charge in [0.25, 0.3) is 11.1 Å². The Labute approximate surface area is 369 Å². The van der Waals surface area contributed by atoms with E-state index in [2.05, 4.69) is 19.6 Å². The van der Waals surface area contributed by atoms with Crippen LogP contribution in [0.5, 0.6) is 11.5 Å². The van der Waals surface area contributed by atoms with Crippen molar-refractivity contribution >= 4 is 23.3 Å². The van der Waals surface area contributed by atoms with E-state index in [9.17, 15) is 28.8 Å². The Morgan fingerprint density at radius 1 is 0.547 bits per heavy atom. The number of hydrogen-bond donors (Lipinski definition) is 0. The smallest absolute Gasteiger partial charge is 0.364 e. The van der Waals surface area contributed by atoms with Crippen LogP contribution in [0.4, 0.5) is 11.4 Å². The van der Waals surface area contributed by atoms with Crippen LogP contribution in [-0.4, -0.2) is 120 Å². The summed E-state index contributed by atoms with van der Waals surface area (Å²) in [6, 6.07) is 15.9. The molecule has 4 aromatic rings. The molecule has 2 aromatic heterocycles. The number of nitrogens with zero attached hydrogens (tertiary/aromatic N) is 8. The lowest BCUT2D eigenvalue weighted by atomic mass is 10.1. The van der Waals surface area contributed by atoms with Crippen LogP contribution >= 0.6 is 0 Å². The number of para-hydroxylation sites is 4. The van der Waals surface area contributed by atoms with E-state index in [1.807, 2.05) is 48.5 Å². The van der Waals surface area contributed by atoms with Gasteiger partial charge < -0.3 is 28.9 Å². The van der Waals surface area contributed by atoms with Gasteiger partial charge in [-0.25, -0.2) is 19.2 Å². The summed E-state index contributed by atoms with van der Waals surface area (Å²) in [5.41, 5.74) is -0.645. The van der Waals surface area contributed by atoms with Gasteiger partial charge in [0.2, 0.25) is 0 Å². The number of aryl methyl sites for hydroxylation is 2. The van der Waals surface area contributed by atoms with Crippen LogP contribution < -0.4 is 51.4 Å². The van der Waals surface area contributed by atoms with E-state index >= 15 is 0 Å². The van der Waals surface area contributed by atoms with Crippen LogP contribution in [-0.2, 0) is 22.7 Å². The van der Waals surface area contributed by atoms with Crippen molar-refractivity contribution in [2.75, 3.05) is 89.5 Å². The number of aromatic nitrogens is 4. The summed E-state index contributed by atoms with van der Waals surface area (Å²) < 4.78 is 14.7. The molecule has 0 atom stereocenters. The Kier molecular flexibility index (Phi) is 12.7. The zero-order chi connectivity index (χ0) is 45.2. The standard InChI is InChI=1S/C46H56N8O10/c1-33-27-53(43(59)51(41(33)57)31-45(15-16-45)29-47-19-23-49(24-20-47)35-9-5-7-11-37(35)61-3)63-39(55)13-14-40(56)64-54-28-34(2)42(58)52(44(54)60)32-46(17-18-46)30-48-21-25-50(26-22-48)36-10-6-8-12-38(36)62-4/h5-14,27-28H,15-26,29-32H2,1-4H3/b14-13+. The highest BCUT2D eigenvalue weighted by Crippen LogP contribution is 2.48. The molecule has 2 aliphatic carbocycles. The van der Waals surface area contributed by atoms with Gasteiger partial charge in [-0.2, -0.15) is 0 Å². The Hall–Kier alpha value is -6.40. The SMILES string of the molecule is COc1ccccc1N1CCN(CC2(Cn3c(=O)c(C)cn(OC(=O)/C=C/C(=O)On4cc(C)c(=O)n(CC5(CN6CCN(c7ccccc7OC)CC6)CC5)c4=O)c3=O)CC2)CC1. The van der Waals surface area contributed by atoms with E-state index in [1.54, 1.807) is 14.2 Å². The van der Waals surface area contributed by atoms with Crippen molar-refractivity contribution in [1.82, 2.24) is 28.4 Å². The first-order chi connectivity index (χ1) is 30.8. The maximum Gasteiger partial charge on any atom is 0.364 e. The second kappa shape index (κ2) is 18.4. The topological polar surface area (TPSA) is 172 Å². The maximum absolute atomic E-state index is 13.6. The third kappa shape index (κ3) is 9.72. The highest BCUT2D eigenvalue weighted by molar-refractivity contribution is 5.91. The van der Waals surface area contributed by atoms with Crippen LogP contribution in [0.25, 0.3) is 0 Å². The van der Waals surface area contributed by atoms with Gasteiger partial charge in [-0.05, 0) is 63.8 Å². The first-order valence-corrected chi connectivity index (χ1v) is 21.8. The lowest BCUT2D eigenvalue weighted by Crippen LogP contribution is -2.50. The Bertz CT molecular complexity index is 2480. The molecular weight excluding hydrogens is 825 g/mol. The molecule has 0 amide bonds. The summed E-state index contributed by atoms with van der Waals surface area (Å²) in [6.07, 6.45) is 7.17. The lowest BCUT2D eigenvalue weighted by molar-refractivity contribution is -0.141. The highest BCUT2D eigenvalue weighted by atomic mass is 16.7. The molecule has 4 fully saturated rings. The van der Waals surface area contributed by atoms with E-state index < -0.39 is 34.4 Å². The van der Waals surface area contributed by atoms with Crippen LogP contribution in [0, 0.1) is 24.7 Å². The Morgan fingerprint density at radius 2 is 0.906 bits per heavy atom. The number of hydrogen-bond acceptors (Lipinski definition) is 14. The summed E-state index contributed by atoms with van der Waals surface area (Å²) in [5, 5.41) is 0. The molecular formula is C46H56N8O10. The zero-order valence-corrected chi connectivity index (χ0v) is 36.9. The minimum atomic E-state index is -1.09. The van der Waals surface area contributed by atoms with Gasteiger partial charge in [0.15, 0.2) is 0 Å². The van der Waals surface area contributed by atoms with E-state index in [0.29, 0.717) is 22.6 Å². The maximum atomic E-state index is 13.6. The molecule has 8 rings (SSSR count). The third-order valence-electron chi connectivity index (χ3n) is 13.0. The van der Waals surface area contributed by atoms with E-state index in [4.69, 9.17) is 19.1 Å². The van der Waals surface area contributed by atoms with Crippen molar-refractivity contribution in [1.29, 1.82) is 0 Å². The third-order valence-corrected chi connectivity index (χ3v) is 13.0. The molecule has 0 N–H and O–H groups in total. The molecule has 18 heteroatoms. The van der Waals surface area contributed by atoms with Crippen molar-refractivity contribution in [2.24, 2.45) is 10.8 Å². The second-order valence-electron chi connectivity index (χ2n) is 17.6. The van der Waals surface area contributed by atoms with Gasteiger partial charge >= 0.3 is 23.3 Å². The molecule has 4 aliphatic rings. The fourth-order valence-corrected chi connectivity index (χ4v) is 8.99. The number of carbonyl (C=O) groups excluding carboxylic acids is 2. The van der Waals surface area contributed by atoms with Gasteiger partial charge in [0, 0.05) is 113 Å². The molecule has 0 bridgehead atoms. The number of ether oxygens (including phenoxy) is 2. The summed E-state index contributed by atoms with van der Waals surface area (Å²) in [4.78, 5) is 99.3. The van der Waals surface area contributed by atoms with Crippen molar-refractivity contribution in [3.63, 3.8) is 0 Å². The van der Waals surface area contributed by atoms with Gasteiger partial charge in [-0.15, -0.1) is 9.46 Å². The number of methoxy groups -OCH3 is 2. The van der Waals surface area contributed by atoms with E-state index in [-0.39, 0.29) is 35.0 Å². The predicted molar refractivity (Wildman–Crippen MR) is 238 cm³/mol. The first-order valence-electron chi connectivity index (χ1n) is 21.8. The van der Waals surface area contributed by atoms with Crippen LogP contribution in [0.3, 0.4) is 0 Å². The number of benzene rings is 2. The van der Waals surface area contributed by atoms with Crippen molar-refractivity contribution in [2.45, 2.75) is 52.6 Å². The second-order valence-corrected chi connectivity index (χ2v) is 17.6. The number of piperazine rings is 2. The van der Waals surface area contributed by atoms with Crippen molar-refractivity contribution in [3.8, 4) is 11.5 Å². The molecule has 2 saturated heterocycles. The summed E-state index contributed by atoms with van der Waals surface area (Å²) >= 11 is 0. The molecule has 2 aromatic carbocycles. The number of carbonyl (C=O) groups is 2. The van der Waals surface area contributed by atoms with Crippen LogP contribution in [0.1, 0.15) is 36.8 Å². The monoisotopic (exact) mass is 880 g/mol. The molecule has 2 saturated carbocycles. The average Bonchev–Trinajstić information content (AvgIpc) is 4.25. The predicted octanol–water partition coefficient (Wildman–Crippen LogP) is 1.34. The van der Waals surface area contributed by atoms with Crippen LogP contribution in [0.15, 0.2) is 92.3 Å². The van der Waals surface area contributed by atoms with E-state index in [0.717, 1.165) is 135 Å². The highest BCUT2D eigenvalue weighted by Gasteiger charge is 2.46. The average molecular weight is 881 g/mol. The summed E-state index contributed by atoms with van der Waals surface area (Å²) in [5.74, 6) is -0.530. The van der Waals surface area contributed by atoms with Crippen molar-refractivity contribution in [3.05, 3.63) is 126 Å². The van der Waals surface area contributed by atoms with Gasteiger partial charge in [0.1, 0.15) is 11.5 Å². The molecule has 4 heterocycles. The minimum Gasteiger partial charge on any atom is -0.495 e. The van der Waals surface area contributed by atoms with Gasteiger partial charge in [0.05, 0.1) is 38.0 Å². The molecule has 0 unspecified atom stereocenters. The molecule has 18 nitrogen and oxygen atoms in total. The van der Waals surface area contributed by atoms with Gasteiger partial charge in [-0.1, -0.05) is 24.3 Å². The summed E-state index contributed by atoms with van der Waals surface area (Å²) in [7, 11) is 3.33. The minimum absolute atomic E-state index is 0.165. The molecule has 2 aliphatic heterocycles. The zero-order valence-electron chi connectivity index (χ0n) is 36.9.